The molecule has 1 heterocycles. The summed E-state index contributed by atoms with van der Waals surface area (Å²) in [5, 5.41) is 8.90. The highest BCUT2D eigenvalue weighted by Crippen LogP contribution is 2.18. The number of guanidine groups is 1. The zero-order valence-electron chi connectivity index (χ0n) is 15.3. The number of rotatable bonds is 7. The number of thiophene rings is 1. The van der Waals surface area contributed by atoms with Crippen LogP contribution in [0.1, 0.15) is 22.9 Å². The summed E-state index contributed by atoms with van der Waals surface area (Å²) in [4.78, 5) is 5.73. The minimum atomic E-state index is 0. The first-order valence-electron chi connectivity index (χ1n) is 8.22. The third-order valence-electron chi connectivity index (χ3n) is 3.89. The highest BCUT2D eigenvalue weighted by molar-refractivity contribution is 14.0. The zero-order valence-corrected chi connectivity index (χ0v) is 18.5. The number of hydrogen-bond donors (Lipinski definition) is 2. The van der Waals surface area contributed by atoms with Crippen LogP contribution in [0.2, 0.25) is 0 Å². The van der Waals surface area contributed by atoms with Gasteiger partial charge in [-0.25, -0.2) is 0 Å². The van der Waals surface area contributed by atoms with E-state index in [0.717, 1.165) is 36.8 Å². The van der Waals surface area contributed by atoms with Gasteiger partial charge in [0.05, 0.1) is 7.11 Å². The Morgan fingerprint density at radius 2 is 2.08 bits per heavy atom. The van der Waals surface area contributed by atoms with Crippen LogP contribution in [0.3, 0.4) is 0 Å². The first kappa shape index (κ1) is 21.8. The van der Waals surface area contributed by atoms with Crippen LogP contribution >= 0.6 is 35.3 Å². The zero-order chi connectivity index (χ0) is 17.4. The fourth-order valence-electron chi connectivity index (χ4n) is 2.57. The van der Waals surface area contributed by atoms with Crippen molar-refractivity contribution in [2.75, 3.05) is 20.7 Å². The normalized spacial score (nSPS) is 12.2. The summed E-state index contributed by atoms with van der Waals surface area (Å²) in [5.74, 6) is 2.32. The number of benzene rings is 1. The second kappa shape index (κ2) is 11.4. The predicted octanol–water partition coefficient (Wildman–Crippen LogP) is 4.23. The van der Waals surface area contributed by atoms with Crippen LogP contribution in [0, 0.1) is 12.8 Å². The van der Waals surface area contributed by atoms with Gasteiger partial charge in [-0.2, -0.15) is 0 Å². The fourth-order valence-corrected chi connectivity index (χ4v) is 3.44. The average molecular weight is 473 g/mol. The van der Waals surface area contributed by atoms with Crippen molar-refractivity contribution in [2.24, 2.45) is 10.9 Å². The van der Waals surface area contributed by atoms with E-state index in [1.54, 1.807) is 14.2 Å². The molecule has 2 aromatic rings. The summed E-state index contributed by atoms with van der Waals surface area (Å²) in [6, 6.07) is 10.5. The molecule has 0 fully saturated rings. The van der Waals surface area contributed by atoms with Gasteiger partial charge >= 0.3 is 0 Å². The monoisotopic (exact) mass is 473 g/mol. The van der Waals surface area contributed by atoms with Gasteiger partial charge < -0.3 is 15.4 Å². The van der Waals surface area contributed by atoms with E-state index in [4.69, 9.17) is 4.74 Å². The number of nitrogens with one attached hydrogen (secondary N) is 2. The summed E-state index contributed by atoms with van der Waals surface area (Å²) in [5.41, 5.74) is 2.35. The van der Waals surface area contributed by atoms with Crippen molar-refractivity contribution in [2.45, 2.75) is 26.8 Å². The summed E-state index contributed by atoms with van der Waals surface area (Å²) in [7, 11) is 3.50. The standard InChI is InChI=1S/C19H27N3OS.HI/c1-14(10-17-6-5-9-24-17)12-21-19(20-3)22-13-16-7-8-18(23-4)15(2)11-16;/h5-9,11,14H,10,12-13H2,1-4H3,(H2,20,21,22);1H. The molecule has 0 radical (unpaired) electrons. The molecular weight excluding hydrogens is 445 g/mol. The van der Waals surface area contributed by atoms with E-state index in [9.17, 15) is 0 Å². The molecular formula is C19H28IN3OS. The van der Waals surface area contributed by atoms with Gasteiger partial charge in [-0.1, -0.05) is 25.1 Å². The lowest BCUT2D eigenvalue weighted by Crippen LogP contribution is -2.39. The Hall–Kier alpha value is -1.28. The smallest absolute Gasteiger partial charge is 0.191 e. The molecule has 0 aliphatic carbocycles. The first-order chi connectivity index (χ1) is 11.6. The summed E-state index contributed by atoms with van der Waals surface area (Å²) < 4.78 is 5.30. The Kier molecular flexibility index (Phi) is 9.89. The topological polar surface area (TPSA) is 45.7 Å². The lowest BCUT2D eigenvalue weighted by molar-refractivity contribution is 0.411. The molecule has 1 unspecified atom stereocenters. The van der Waals surface area contributed by atoms with Gasteiger partial charge in [0.25, 0.3) is 0 Å². The Morgan fingerprint density at radius 3 is 2.68 bits per heavy atom. The molecule has 0 saturated carbocycles. The second-order valence-electron chi connectivity index (χ2n) is 6.00. The number of ether oxygens (including phenoxy) is 1. The van der Waals surface area contributed by atoms with Crippen molar-refractivity contribution < 1.29 is 4.74 Å². The molecule has 0 aliphatic heterocycles. The van der Waals surface area contributed by atoms with Crippen LogP contribution in [-0.2, 0) is 13.0 Å². The highest BCUT2D eigenvalue weighted by atomic mass is 127. The van der Waals surface area contributed by atoms with E-state index < -0.39 is 0 Å². The molecule has 0 aliphatic rings. The molecule has 0 bridgehead atoms. The number of aliphatic imine (C=N–C) groups is 1. The summed E-state index contributed by atoms with van der Waals surface area (Å²) in [6.45, 7) is 5.96. The number of aryl methyl sites for hydroxylation is 1. The largest absolute Gasteiger partial charge is 0.496 e. The third-order valence-corrected chi connectivity index (χ3v) is 4.79. The van der Waals surface area contributed by atoms with E-state index in [1.165, 1.54) is 10.4 Å². The van der Waals surface area contributed by atoms with Crippen LogP contribution in [0.5, 0.6) is 5.75 Å². The number of hydrogen-bond acceptors (Lipinski definition) is 3. The summed E-state index contributed by atoms with van der Waals surface area (Å²) in [6.07, 6.45) is 1.10. The maximum absolute atomic E-state index is 5.30. The van der Waals surface area contributed by atoms with Gasteiger partial charge in [0.2, 0.25) is 0 Å². The Labute approximate surface area is 172 Å². The van der Waals surface area contributed by atoms with Crippen molar-refractivity contribution in [1.29, 1.82) is 0 Å². The average Bonchev–Trinajstić information content (AvgIpc) is 3.08. The van der Waals surface area contributed by atoms with E-state index >= 15 is 0 Å². The minimum absolute atomic E-state index is 0. The molecule has 0 amide bonds. The van der Waals surface area contributed by atoms with Crippen LogP contribution in [0.25, 0.3) is 0 Å². The lowest BCUT2D eigenvalue weighted by Gasteiger charge is -2.16. The van der Waals surface area contributed by atoms with Crippen molar-refractivity contribution in [1.82, 2.24) is 10.6 Å². The van der Waals surface area contributed by atoms with Crippen LogP contribution < -0.4 is 15.4 Å². The van der Waals surface area contributed by atoms with Gasteiger partial charge in [-0.3, -0.25) is 4.99 Å². The first-order valence-corrected chi connectivity index (χ1v) is 9.10. The molecule has 4 nitrogen and oxygen atoms in total. The molecule has 2 rings (SSSR count). The van der Waals surface area contributed by atoms with Crippen molar-refractivity contribution >= 4 is 41.3 Å². The number of halogens is 1. The minimum Gasteiger partial charge on any atom is -0.496 e. The maximum Gasteiger partial charge on any atom is 0.191 e. The lowest BCUT2D eigenvalue weighted by atomic mass is 10.1. The Balaban J connectivity index is 0.00000312. The molecule has 1 aromatic heterocycles. The van der Waals surface area contributed by atoms with Crippen molar-refractivity contribution in [3.8, 4) is 5.75 Å². The molecule has 1 atom stereocenters. The summed E-state index contributed by atoms with van der Waals surface area (Å²) >= 11 is 1.82. The van der Waals surface area contributed by atoms with E-state index in [1.807, 2.05) is 17.4 Å². The second-order valence-corrected chi connectivity index (χ2v) is 7.03. The molecule has 0 saturated heterocycles. The van der Waals surface area contributed by atoms with Gasteiger partial charge in [-0.05, 0) is 47.9 Å². The quantitative estimate of drug-likeness (QED) is 0.360. The molecule has 6 heteroatoms. The maximum atomic E-state index is 5.30. The van der Waals surface area contributed by atoms with Crippen LogP contribution in [0.4, 0.5) is 0 Å². The van der Waals surface area contributed by atoms with Crippen LogP contribution in [-0.4, -0.2) is 26.7 Å². The number of methoxy groups -OCH3 is 1. The van der Waals surface area contributed by atoms with Crippen molar-refractivity contribution in [3.05, 3.63) is 51.7 Å². The molecule has 138 valence electrons. The molecule has 2 N–H and O–H groups in total. The van der Waals surface area contributed by atoms with E-state index in [0.29, 0.717) is 5.92 Å². The molecule has 1 aromatic carbocycles. The van der Waals surface area contributed by atoms with E-state index in [2.05, 4.69) is 59.1 Å². The van der Waals surface area contributed by atoms with Gasteiger partial charge in [0.15, 0.2) is 5.96 Å². The van der Waals surface area contributed by atoms with Gasteiger partial charge in [0.1, 0.15) is 5.75 Å². The predicted molar refractivity (Wildman–Crippen MR) is 119 cm³/mol. The van der Waals surface area contributed by atoms with Gasteiger partial charge in [0, 0.05) is 25.0 Å². The molecule has 0 spiro atoms. The van der Waals surface area contributed by atoms with E-state index in [-0.39, 0.29) is 24.0 Å². The highest BCUT2D eigenvalue weighted by Gasteiger charge is 2.06. The Morgan fingerprint density at radius 1 is 1.28 bits per heavy atom. The third kappa shape index (κ3) is 7.23. The van der Waals surface area contributed by atoms with Crippen LogP contribution in [0.15, 0.2) is 40.7 Å². The number of nitrogens with zero attached hydrogens (tertiary/aromatic N) is 1. The Bertz CT molecular complexity index is 659. The SMILES string of the molecule is CN=C(NCc1ccc(OC)c(C)c1)NCC(C)Cc1cccs1.I. The van der Waals surface area contributed by atoms with Gasteiger partial charge in [-0.15, -0.1) is 35.3 Å². The molecule has 25 heavy (non-hydrogen) atoms. The fraction of sp³-hybridized carbons (Fsp3) is 0.421. The van der Waals surface area contributed by atoms with Crippen molar-refractivity contribution in [3.63, 3.8) is 0 Å².